The monoisotopic (exact) mass is 329 g/mol. The number of amides is 2. The van der Waals surface area contributed by atoms with E-state index in [1.807, 2.05) is 0 Å². The molecule has 0 aromatic heterocycles. The fourth-order valence-corrected chi connectivity index (χ4v) is 2.41. The van der Waals surface area contributed by atoms with Crippen molar-refractivity contribution in [3.05, 3.63) is 29.8 Å². The van der Waals surface area contributed by atoms with Crippen LogP contribution in [0.25, 0.3) is 0 Å². The van der Waals surface area contributed by atoms with Crippen LogP contribution < -0.4 is 5.32 Å². The van der Waals surface area contributed by atoms with Crippen molar-refractivity contribution < 1.29 is 22.8 Å². The molecular formula is C13H19N3O5S. The van der Waals surface area contributed by atoms with Crippen molar-refractivity contribution in [3.8, 4) is 0 Å². The minimum Gasteiger partial charge on any atom is -0.347 e. The van der Waals surface area contributed by atoms with Crippen LogP contribution in [0.4, 0.5) is 0 Å². The van der Waals surface area contributed by atoms with Crippen molar-refractivity contribution in [2.45, 2.75) is 4.90 Å². The molecule has 0 bridgehead atoms. The second kappa shape index (κ2) is 7.34. The third-order valence-corrected chi connectivity index (χ3v) is 4.60. The molecule has 9 heteroatoms. The summed E-state index contributed by atoms with van der Waals surface area (Å²) in [5.74, 6) is -0.700. The fraction of sp³-hybridized carbons (Fsp3) is 0.385. The van der Waals surface area contributed by atoms with Crippen molar-refractivity contribution >= 4 is 21.8 Å². The molecule has 0 saturated heterocycles. The Morgan fingerprint density at radius 2 is 1.68 bits per heavy atom. The SMILES string of the molecule is CON(C)S(=O)(=O)c1ccc(C(=O)NCC(=O)N(C)C)cc1. The minimum absolute atomic E-state index is 0.00207. The Morgan fingerprint density at radius 3 is 2.14 bits per heavy atom. The molecular weight excluding hydrogens is 310 g/mol. The second-order valence-corrected chi connectivity index (χ2v) is 6.53. The number of hydrogen-bond acceptors (Lipinski definition) is 5. The van der Waals surface area contributed by atoms with E-state index >= 15 is 0 Å². The van der Waals surface area contributed by atoms with Crippen molar-refractivity contribution in [3.63, 3.8) is 0 Å². The quantitative estimate of drug-likeness (QED) is 0.722. The molecule has 2 amide bonds. The van der Waals surface area contributed by atoms with Gasteiger partial charge in [0.05, 0.1) is 18.6 Å². The predicted octanol–water partition coefficient (Wildman–Crippen LogP) is -0.313. The maximum absolute atomic E-state index is 12.0. The van der Waals surface area contributed by atoms with Gasteiger partial charge >= 0.3 is 0 Å². The number of nitrogens with zero attached hydrogens (tertiary/aromatic N) is 2. The summed E-state index contributed by atoms with van der Waals surface area (Å²) in [6, 6.07) is 5.33. The maximum atomic E-state index is 12.0. The summed E-state index contributed by atoms with van der Waals surface area (Å²) in [5, 5.41) is 2.46. The molecule has 8 nitrogen and oxygen atoms in total. The summed E-state index contributed by atoms with van der Waals surface area (Å²) in [7, 11) is 1.92. The van der Waals surface area contributed by atoms with Crippen LogP contribution in [0.1, 0.15) is 10.4 Å². The number of nitrogens with one attached hydrogen (secondary N) is 1. The van der Waals surface area contributed by atoms with Gasteiger partial charge in [-0.25, -0.2) is 8.42 Å². The highest BCUT2D eigenvalue weighted by atomic mass is 32.2. The third kappa shape index (κ3) is 4.26. The van der Waals surface area contributed by atoms with Gasteiger partial charge < -0.3 is 10.2 Å². The lowest BCUT2D eigenvalue weighted by atomic mass is 10.2. The molecule has 22 heavy (non-hydrogen) atoms. The van der Waals surface area contributed by atoms with E-state index < -0.39 is 15.9 Å². The average molecular weight is 329 g/mol. The second-order valence-electron chi connectivity index (χ2n) is 4.59. The molecule has 1 rings (SSSR count). The molecule has 1 aromatic carbocycles. The number of sulfonamides is 1. The summed E-state index contributed by atoms with van der Waals surface area (Å²) in [4.78, 5) is 29.3. The van der Waals surface area contributed by atoms with Crippen molar-refractivity contribution in [1.29, 1.82) is 0 Å². The third-order valence-electron chi connectivity index (χ3n) is 2.91. The Balaban J connectivity index is 2.81. The van der Waals surface area contributed by atoms with E-state index in [-0.39, 0.29) is 22.9 Å². The van der Waals surface area contributed by atoms with Crippen molar-refractivity contribution in [1.82, 2.24) is 14.7 Å². The molecule has 0 unspecified atom stereocenters. The number of carbonyl (C=O) groups is 2. The van der Waals surface area contributed by atoms with Gasteiger partial charge in [-0.15, -0.1) is 0 Å². The lowest BCUT2D eigenvalue weighted by Gasteiger charge is -2.14. The van der Waals surface area contributed by atoms with Crippen LogP contribution in [-0.2, 0) is 19.7 Å². The van der Waals surface area contributed by atoms with Crippen molar-refractivity contribution in [2.24, 2.45) is 0 Å². The number of rotatable bonds is 6. The van der Waals surface area contributed by atoms with Crippen molar-refractivity contribution in [2.75, 3.05) is 34.8 Å². The van der Waals surface area contributed by atoms with E-state index in [0.29, 0.717) is 0 Å². The molecule has 0 aliphatic rings. The van der Waals surface area contributed by atoms with Gasteiger partial charge in [0.25, 0.3) is 15.9 Å². The summed E-state index contributed by atoms with van der Waals surface area (Å²) in [6.07, 6.45) is 0. The smallest absolute Gasteiger partial charge is 0.264 e. The molecule has 0 radical (unpaired) electrons. The van der Waals surface area contributed by atoms with Gasteiger partial charge in [0.2, 0.25) is 5.91 Å². The van der Waals surface area contributed by atoms with Crippen LogP contribution in [0.15, 0.2) is 29.2 Å². The summed E-state index contributed by atoms with van der Waals surface area (Å²) >= 11 is 0. The van der Waals surface area contributed by atoms with Crippen LogP contribution >= 0.6 is 0 Å². The molecule has 122 valence electrons. The van der Waals surface area contributed by atoms with Gasteiger partial charge in [-0.3, -0.25) is 14.4 Å². The number of benzene rings is 1. The molecule has 1 aromatic rings. The van der Waals surface area contributed by atoms with Gasteiger partial charge in [0, 0.05) is 26.7 Å². The summed E-state index contributed by atoms with van der Waals surface area (Å²) in [6.45, 7) is -0.127. The topological polar surface area (TPSA) is 96.0 Å². The molecule has 0 fully saturated rings. The summed E-state index contributed by atoms with van der Waals surface area (Å²) in [5.41, 5.74) is 0.255. The van der Waals surface area contributed by atoms with E-state index in [9.17, 15) is 18.0 Å². The standard InChI is InChI=1S/C13H19N3O5S/c1-15(2)12(17)9-14-13(18)10-5-7-11(8-6-10)22(19,20)16(3)21-4/h5-8H,9H2,1-4H3,(H,14,18). The van der Waals surface area contributed by atoms with Crippen LogP contribution in [0.5, 0.6) is 0 Å². The lowest BCUT2D eigenvalue weighted by Crippen LogP contribution is -2.36. The zero-order chi connectivity index (χ0) is 16.9. The fourth-order valence-electron chi connectivity index (χ4n) is 1.44. The molecule has 0 spiro atoms. The molecule has 0 aliphatic heterocycles. The van der Waals surface area contributed by atoms with Crippen LogP contribution in [0.3, 0.4) is 0 Å². The number of hydroxylamine groups is 1. The van der Waals surface area contributed by atoms with Crippen LogP contribution in [0.2, 0.25) is 0 Å². The molecule has 0 saturated carbocycles. The Hall–Kier alpha value is -1.97. The Bertz CT molecular complexity index is 640. The van der Waals surface area contributed by atoms with E-state index in [1.54, 1.807) is 14.1 Å². The lowest BCUT2D eigenvalue weighted by molar-refractivity contribution is -0.127. The Labute approximate surface area is 129 Å². The zero-order valence-corrected chi connectivity index (χ0v) is 13.7. The van der Waals surface area contributed by atoms with Gasteiger partial charge in [0.15, 0.2) is 0 Å². The Kier molecular flexibility index (Phi) is 6.03. The molecule has 1 N–H and O–H groups in total. The first-order valence-corrected chi connectivity index (χ1v) is 7.75. The first kappa shape index (κ1) is 18.1. The normalized spacial score (nSPS) is 11.3. The van der Waals surface area contributed by atoms with Gasteiger partial charge in [-0.05, 0) is 24.3 Å². The highest BCUT2D eigenvalue weighted by Gasteiger charge is 2.21. The number of hydrogen-bond donors (Lipinski definition) is 1. The average Bonchev–Trinajstić information content (AvgIpc) is 2.51. The zero-order valence-electron chi connectivity index (χ0n) is 12.9. The van der Waals surface area contributed by atoms with E-state index in [1.165, 1.54) is 43.3 Å². The first-order chi connectivity index (χ1) is 10.2. The largest absolute Gasteiger partial charge is 0.347 e. The van der Waals surface area contributed by atoms with E-state index in [0.717, 1.165) is 4.47 Å². The van der Waals surface area contributed by atoms with Gasteiger partial charge in [0.1, 0.15) is 0 Å². The molecule has 0 atom stereocenters. The van der Waals surface area contributed by atoms with Crippen LogP contribution in [0, 0.1) is 0 Å². The van der Waals surface area contributed by atoms with E-state index in [2.05, 4.69) is 10.2 Å². The van der Waals surface area contributed by atoms with Crippen LogP contribution in [-0.4, -0.2) is 64.4 Å². The molecule has 0 aliphatic carbocycles. The number of likely N-dealkylation sites (N-methyl/N-ethyl adjacent to an activating group) is 1. The van der Waals surface area contributed by atoms with Gasteiger partial charge in [-0.2, -0.15) is 0 Å². The number of carbonyl (C=O) groups excluding carboxylic acids is 2. The predicted molar refractivity (Wildman–Crippen MR) is 79.4 cm³/mol. The Morgan fingerprint density at radius 1 is 1.14 bits per heavy atom. The summed E-state index contributed by atoms with van der Waals surface area (Å²) < 4.78 is 24.7. The highest BCUT2D eigenvalue weighted by molar-refractivity contribution is 7.89. The first-order valence-electron chi connectivity index (χ1n) is 6.31. The van der Waals surface area contributed by atoms with Gasteiger partial charge in [-0.1, -0.05) is 4.47 Å². The maximum Gasteiger partial charge on any atom is 0.264 e. The molecule has 0 heterocycles. The van der Waals surface area contributed by atoms with E-state index in [4.69, 9.17) is 0 Å². The minimum atomic E-state index is -3.75. The highest BCUT2D eigenvalue weighted by Crippen LogP contribution is 2.15.